The van der Waals surface area contributed by atoms with E-state index in [-0.39, 0.29) is 24.0 Å². The molecule has 5 nitrogen and oxygen atoms in total. The number of carboxylic acid groups (broad SMARTS) is 1. The smallest absolute Gasteiger partial charge is 0.318 e. The van der Waals surface area contributed by atoms with Gasteiger partial charge in [0.1, 0.15) is 0 Å². The van der Waals surface area contributed by atoms with Gasteiger partial charge in [-0.25, -0.2) is 4.79 Å². The van der Waals surface area contributed by atoms with Crippen molar-refractivity contribution in [2.45, 2.75) is 50.6 Å². The summed E-state index contributed by atoms with van der Waals surface area (Å²) in [6, 6.07) is -0.266. The molecule has 2 fully saturated rings. The first-order valence-corrected chi connectivity index (χ1v) is 8.04. The Balaban J connectivity index is 1.96. The molecule has 1 saturated carbocycles. The number of carbonyl (C=O) groups excluding carboxylic acids is 1. The highest BCUT2D eigenvalue weighted by atomic mass is 32.2. The molecule has 2 N–H and O–H groups in total. The molecule has 2 aliphatic rings. The van der Waals surface area contributed by atoms with Crippen LogP contribution in [0.2, 0.25) is 0 Å². The van der Waals surface area contributed by atoms with Crippen LogP contribution in [0.5, 0.6) is 0 Å². The first kappa shape index (κ1) is 14.5. The van der Waals surface area contributed by atoms with E-state index in [1.165, 1.54) is 0 Å². The second-order valence-corrected chi connectivity index (χ2v) is 6.87. The monoisotopic (exact) mass is 286 g/mol. The van der Waals surface area contributed by atoms with Crippen LogP contribution < -0.4 is 5.32 Å². The second-order valence-electron chi connectivity index (χ2n) is 5.72. The van der Waals surface area contributed by atoms with Crippen LogP contribution in [0.15, 0.2) is 0 Å². The molecule has 0 radical (unpaired) electrons. The topological polar surface area (TPSA) is 69.6 Å². The fourth-order valence-electron chi connectivity index (χ4n) is 2.90. The molecular weight excluding hydrogens is 264 g/mol. The molecule has 0 bridgehead atoms. The Hall–Kier alpha value is -0.910. The highest BCUT2D eigenvalue weighted by Gasteiger charge is 2.35. The maximum absolute atomic E-state index is 12.4. The van der Waals surface area contributed by atoms with Crippen LogP contribution in [0.1, 0.15) is 39.0 Å². The minimum absolute atomic E-state index is 0.0388. The minimum atomic E-state index is -0.836. The Morgan fingerprint density at radius 1 is 1.42 bits per heavy atom. The van der Waals surface area contributed by atoms with Crippen LogP contribution >= 0.6 is 11.8 Å². The van der Waals surface area contributed by atoms with Gasteiger partial charge in [0.25, 0.3) is 0 Å². The van der Waals surface area contributed by atoms with E-state index < -0.39 is 5.97 Å². The number of nitrogens with zero attached hydrogens (tertiary/aromatic N) is 1. The van der Waals surface area contributed by atoms with Crippen LogP contribution in [-0.2, 0) is 4.79 Å². The van der Waals surface area contributed by atoms with Crippen molar-refractivity contribution in [3.63, 3.8) is 0 Å². The Morgan fingerprint density at radius 3 is 2.74 bits per heavy atom. The van der Waals surface area contributed by atoms with Crippen LogP contribution in [0, 0.1) is 0 Å². The molecule has 1 aliphatic heterocycles. The van der Waals surface area contributed by atoms with E-state index in [9.17, 15) is 9.59 Å². The summed E-state index contributed by atoms with van der Waals surface area (Å²) in [6.07, 6.45) is 4.39. The third-order valence-electron chi connectivity index (χ3n) is 4.01. The van der Waals surface area contributed by atoms with Gasteiger partial charge >= 0.3 is 12.0 Å². The molecule has 2 amide bonds. The highest BCUT2D eigenvalue weighted by molar-refractivity contribution is 7.99. The summed E-state index contributed by atoms with van der Waals surface area (Å²) in [5, 5.41) is 12.0. The van der Waals surface area contributed by atoms with Crippen molar-refractivity contribution in [1.82, 2.24) is 10.2 Å². The largest absolute Gasteiger partial charge is 0.481 e. The van der Waals surface area contributed by atoms with Gasteiger partial charge < -0.3 is 15.3 Å². The molecule has 1 unspecified atom stereocenters. The summed E-state index contributed by atoms with van der Waals surface area (Å²) >= 11 is 1.72. The zero-order valence-electron chi connectivity index (χ0n) is 11.4. The lowest BCUT2D eigenvalue weighted by atomic mass is 10.0. The fraction of sp³-hybridized carbons (Fsp3) is 0.846. The molecule has 0 spiro atoms. The van der Waals surface area contributed by atoms with Crippen molar-refractivity contribution in [3.05, 3.63) is 0 Å². The van der Waals surface area contributed by atoms with Gasteiger partial charge in [0, 0.05) is 23.6 Å². The van der Waals surface area contributed by atoms with Gasteiger partial charge in [-0.1, -0.05) is 12.8 Å². The lowest BCUT2D eigenvalue weighted by molar-refractivity contribution is -0.138. The van der Waals surface area contributed by atoms with E-state index in [2.05, 4.69) is 12.2 Å². The average molecular weight is 286 g/mol. The molecule has 1 heterocycles. The number of thioether (sulfide) groups is 1. The summed E-state index contributed by atoms with van der Waals surface area (Å²) in [7, 11) is 0. The van der Waals surface area contributed by atoms with Gasteiger partial charge in [0.2, 0.25) is 0 Å². The first-order valence-electron chi connectivity index (χ1n) is 6.88. The van der Waals surface area contributed by atoms with Crippen molar-refractivity contribution in [3.8, 4) is 0 Å². The number of rotatable bonds is 3. The number of nitrogens with one attached hydrogen (secondary N) is 1. The molecule has 1 atom stereocenters. The number of urea groups is 1. The minimum Gasteiger partial charge on any atom is -0.481 e. The van der Waals surface area contributed by atoms with Crippen molar-refractivity contribution in [1.29, 1.82) is 0 Å². The lowest BCUT2D eigenvalue weighted by Crippen LogP contribution is -2.56. The predicted molar refractivity (Wildman–Crippen MR) is 75.5 cm³/mol. The van der Waals surface area contributed by atoms with Crippen LogP contribution in [0.3, 0.4) is 0 Å². The molecular formula is C13H22N2O3S. The molecule has 2 rings (SSSR count). The number of hydrogen-bond acceptors (Lipinski definition) is 3. The molecule has 6 heteroatoms. The number of carbonyl (C=O) groups is 2. The molecule has 0 aromatic rings. The summed E-state index contributed by atoms with van der Waals surface area (Å²) in [6.45, 7) is 2.73. The maximum Gasteiger partial charge on any atom is 0.318 e. The van der Waals surface area contributed by atoms with Crippen molar-refractivity contribution < 1.29 is 14.7 Å². The fourth-order valence-corrected chi connectivity index (χ4v) is 3.97. The Bertz CT molecular complexity index is 356. The van der Waals surface area contributed by atoms with Crippen molar-refractivity contribution >= 4 is 23.8 Å². The van der Waals surface area contributed by atoms with Gasteiger partial charge in [-0.2, -0.15) is 11.8 Å². The van der Waals surface area contributed by atoms with E-state index in [0.29, 0.717) is 6.54 Å². The zero-order valence-corrected chi connectivity index (χ0v) is 12.2. The highest BCUT2D eigenvalue weighted by Crippen LogP contribution is 2.29. The van der Waals surface area contributed by atoms with E-state index in [0.717, 1.165) is 37.2 Å². The average Bonchev–Trinajstić information content (AvgIpc) is 2.75. The van der Waals surface area contributed by atoms with Gasteiger partial charge in [0.15, 0.2) is 0 Å². The van der Waals surface area contributed by atoms with Crippen molar-refractivity contribution in [2.75, 3.05) is 18.1 Å². The number of carboxylic acids is 1. The maximum atomic E-state index is 12.4. The number of amides is 2. The third-order valence-corrected chi connectivity index (χ3v) is 5.11. The Kier molecular flexibility index (Phi) is 4.60. The SMILES string of the molecule is CC1(NC(=O)N2CCSCC2CC(=O)O)CCCC1. The van der Waals surface area contributed by atoms with Gasteiger partial charge in [-0.15, -0.1) is 0 Å². The second kappa shape index (κ2) is 6.03. The van der Waals surface area contributed by atoms with Crippen LogP contribution in [0.25, 0.3) is 0 Å². The van der Waals surface area contributed by atoms with E-state index in [4.69, 9.17) is 5.11 Å². The molecule has 1 aliphatic carbocycles. The van der Waals surface area contributed by atoms with Gasteiger partial charge in [0.05, 0.1) is 12.5 Å². The lowest BCUT2D eigenvalue weighted by Gasteiger charge is -2.37. The summed E-state index contributed by atoms with van der Waals surface area (Å²) in [5.74, 6) is 0.772. The number of hydrogen-bond donors (Lipinski definition) is 2. The Morgan fingerprint density at radius 2 is 2.11 bits per heavy atom. The molecule has 1 saturated heterocycles. The standard InChI is InChI=1S/C13H22N2O3S/c1-13(4-2-3-5-13)14-12(18)15-6-7-19-9-10(15)8-11(16)17/h10H,2-9H2,1H3,(H,14,18)(H,16,17). The van der Waals surface area contributed by atoms with Crippen LogP contribution in [-0.4, -0.2) is 51.6 Å². The summed E-state index contributed by atoms with van der Waals surface area (Å²) in [4.78, 5) is 25.0. The molecule has 19 heavy (non-hydrogen) atoms. The van der Waals surface area contributed by atoms with E-state index in [1.54, 1.807) is 16.7 Å². The van der Waals surface area contributed by atoms with Gasteiger partial charge in [-0.3, -0.25) is 4.79 Å². The van der Waals surface area contributed by atoms with E-state index in [1.807, 2.05) is 0 Å². The Labute approximate surface area is 118 Å². The summed E-state index contributed by atoms with van der Waals surface area (Å²) < 4.78 is 0. The molecule has 0 aromatic carbocycles. The third kappa shape index (κ3) is 3.78. The van der Waals surface area contributed by atoms with E-state index >= 15 is 0 Å². The normalized spacial score (nSPS) is 26.2. The van der Waals surface area contributed by atoms with Crippen molar-refractivity contribution in [2.24, 2.45) is 0 Å². The first-order chi connectivity index (χ1) is 9.00. The molecule has 108 valence electrons. The predicted octanol–water partition coefficient (Wildman–Crippen LogP) is 1.92. The number of aliphatic carboxylic acids is 1. The van der Waals surface area contributed by atoms with Crippen LogP contribution in [0.4, 0.5) is 4.79 Å². The van der Waals surface area contributed by atoms with Gasteiger partial charge in [-0.05, 0) is 19.8 Å². The molecule has 0 aromatic heterocycles. The zero-order chi connectivity index (χ0) is 13.9. The quantitative estimate of drug-likeness (QED) is 0.831. The summed E-state index contributed by atoms with van der Waals surface area (Å²) in [5.41, 5.74) is -0.102.